The smallest absolute Gasteiger partial charge is 0.269 e. The number of halogens is 3. The molecule has 3 aromatic rings. The first kappa shape index (κ1) is 13.7. The van der Waals surface area contributed by atoms with Crippen LogP contribution in [-0.4, -0.2) is 19.2 Å². The Morgan fingerprint density at radius 2 is 1.95 bits per heavy atom. The monoisotopic (exact) mass is 356 g/mol. The van der Waals surface area contributed by atoms with E-state index in [-0.39, 0.29) is 11.5 Å². The molecule has 0 aliphatic rings. The van der Waals surface area contributed by atoms with Crippen molar-refractivity contribution >= 4 is 21.7 Å². The van der Waals surface area contributed by atoms with Crippen LogP contribution in [0.4, 0.5) is 8.78 Å². The van der Waals surface area contributed by atoms with Crippen LogP contribution in [0.25, 0.3) is 11.5 Å². The molecule has 6 nitrogen and oxygen atoms in total. The predicted octanol–water partition coefficient (Wildman–Crippen LogP) is 1.52. The van der Waals surface area contributed by atoms with Gasteiger partial charge in [-0.1, -0.05) is 15.9 Å². The van der Waals surface area contributed by atoms with Crippen LogP contribution in [0.3, 0.4) is 0 Å². The summed E-state index contributed by atoms with van der Waals surface area (Å²) >= 11 is 3.17. The van der Waals surface area contributed by atoms with Crippen LogP contribution in [0, 0.1) is 18.7 Å². The zero-order chi connectivity index (χ0) is 15.3. The van der Waals surface area contributed by atoms with Gasteiger partial charge in [-0.3, -0.25) is 4.79 Å². The van der Waals surface area contributed by atoms with Crippen molar-refractivity contribution in [1.29, 1.82) is 0 Å². The van der Waals surface area contributed by atoms with Crippen LogP contribution in [0.2, 0.25) is 0 Å². The van der Waals surface area contributed by atoms with E-state index in [9.17, 15) is 18.4 Å². The molecule has 0 amide bonds. The lowest BCUT2D eigenvalue weighted by Crippen LogP contribution is -2.25. The molecule has 0 atom stereocenters. The largest absolute Gasteiger partial charge is 0.351 e. The fraction of sp³-hybridized carbons (Fsp3) is 0.0833. The van der Waals surface area contributed by atoms with Crippen molar-refractivity contribution in [2.75, 3.05) is 0 Å². The van der Waals surface area contributed by atoms with E-state index < -0.39 is 23.0 Å². The van der Waals surface area contributed by atoms with Crippen molar-refractivity contribution in [2.45, 2.75) is 6.92 Å². The average molecular weight is 357 g/mol. The summed E-state index contributed by atoms with van der Waals surface area (Å²) in [5, 5.41) is 5.61. The van der Waals surface area contributed by atoms with Crippen LogP contribution in [0.15, 0.2) is 32.3 Å². The number of hydrogen-bond donors (Lipinski definition) is 1. The zero-order valence-corrected chi connectivity index (χ0v) is 12.1. The predicted molar refractivity (Wildman–Crippen MR) is 73.8 cm³/mol. The van der Waals surface area contributed by atoms with Crippen molar-refractivity contribution in [3.8, 4) is 5.69 Å². The molecule has 2 heterocycles. The summed E-state index contributed by atoms with van der Waals surface area (Å²) in [5.41, 5.74) is -1.14. The lowest BCUT2D eigenvalue weighted by Gasteiger charge is -2.10. The summed E-state index contributed by atoms with van der Waals surface area (Å²) in [6.07, 6.45) is 0. The quantitative estimate of drug-likeness (QED) is 0.672. The molecule has 0 saturated carbocycles. The number of aryl methyl sites for hydroxylation is 1. The van der Waals surface area contributed by atoms with Gasteiger partial charge in [0, 0.05) is 4.47 Å². The van der Waals surface area contributed by atoms with Gasteiger partial charge in [0.25, 0.3) is 5.56 Å². The molecule has 9 heteroatoms. The first-order valence-corrected chi connectivity index (χ1v) is 6.54. The van der Waals surface area contributed by atoms with Gasteiger partial charge in [0.2, 0.25) is 11.7 Å². The summed E-state index contributed by atoms with van der Waals surface area (Å²) < 4.78 is 29.7. The Hall–Kier alpha value is -2.29. The van der Waals surface area contributed by atoms with Gasteiger partial charge < -0.3 is 0 Å². The van der Waals surface area contributed by atoms with Crippen molar-refractivity contribution < 1.29 is 8.78 Å². The maximum atomic E-state index is 14.1. The third-order valence-corrected chi connectivity index (χ3v) is 3.85. The number of fused-ring (bicyclic) bond motifs is 1. The van der Waals surface area contributed by atoms with Gasteiger partial charge in [-0.25, -0.2) is 23.3 Å². The number of rotatable bonds is 1. The van der Waals surface area contributed by atoms with Gasteiger partial charge in [-0.05, 0) is 24.6 Å². The highest BCUT2D eigenvalue weighted by molar-refractivity contribution is 9.10. The molecule has 21 heavy (non-hydrogen) atoms. The summed E-state index contributed by atoms with van der Waals surface area (Å²) in [6, 6.07) is 3.18. The molecule has 0 radical (unpaired) electrons. The van der Waals surface area contributed by atoms with Gasteiger partial charge in [0.15, 0.2) is 0 Å². The maximum absolute atomic E-state index is 14.1. The van der Waals surface area contributed by atoms with Crippen LogP contribution in [0.5, 0.6) is 0 Å². The van der Waals surface area contributed by atoms with Gasteiger partial charge in [-0.15, -0.1) is 5.10 Å². The first-order valence-electron chi connectivity index (χ1n) is 5.75. The molecule has 1 aromatic carbocycles. The highest BCUT2D eigenvalue weighted by atomic mass is 79.9. The average Bonchev–Trinajstić information content (AvgIpc) is 2.78. The number of aromatic amines is 1. The second kappa shape index (κ2) is 4.62. The molecule has 0 aliphatic heterocycles. The Balaban J connectivity index is 2.49. The van der Waals surface area contributed by atoms with Crippen LogP contribution >= 0.6 is 15.9 Å². The minimum Gasteiger partial charge on any atom is -0.269 e. The SMILES string of the molecule is Cc1cc(-n2c(=O)cc(F)n3c(=O)[nH]nc23)c(F)cc1Br. The Labute approximate surface area is 123 Å². The second-order valence-electron chi connectivity index (χ2n) is 4.36. The normalized spacial score (nSPS) is 11.2. The molecular formula is C12H7BrF2N4O2. The zero-order valence-electron chi connectivity index (χ0n) is 10.5. The number of hydrogen-bond acceptors (Lipinski definition) is 3. The number of H-pyrrole nitrogens is 1. The van der Waals surface area contributed by atoms with Gasteiger partial charge in [0.1, 0.15) is 5.82 Å². The van der Waals surface area contributed by atoms with Gasteiger partial charge in [0.05, 0.1) is 11.8 Å². The molecule has 0 spiro atoms. The Morgan fingerprint density at radius 3 is 2.67 bits per heavy atom. The van der Waals surface area contributed by atoms with Crippen molar-refractivity contribution in [3.63, 3.8) is 0 Å². The number of nitrogens with one attached hydrogen (secondary N) is 1. The summed E-state index contributed by atoms with van der Waals surface area (Å²) in [7, 11) is 0. The van der Waals surface area contributed by atoms with Gasteiger partial charge >= 0.3 is 5.69 Å². The van der Waals surface area contributed by atoms with Crippen molar-refractivity contribution in [1.82, 2.24) is 19.2 Å². The molecular weight excluding hydrogens is 350 g/mol. The van der Waals surface area contributed by atoms with E-state index in [0.717, 1.165) is 4.57 Å². The van der Waals surface area contributed by atoms with Crippen molar-refractivity contribution in [2.24, 2.45) is 0 Å². The fourth-order valence-corrected chi connectivity index (χ4v) is 2.32. The lowest BCUT2D eigenvalue weighted by atomic mass is 10.2. The Kier molecular flexibility index (Phi) is 3.01. The van der Waals surface area contributed by atoms with E-state index in [1.54, 1.807) is 6.92 Å². The molecule has 0 aliphatic carbocycles. The molecule has 2 aromatic heterocycles. The Bertz CT molecular complexity index is 989. The summed E-state index contributed by atoms with van der Waals surface area (Å²) in [6.45, 7) is 1.70. The molecule has 0 bridgehead atoms. The second-order valence-corrected chi connectivity index (χ2v) is 5.21. The number of benzene rings is 1. The van der Waals surface area contributed by atoms with E-state index in [1.165, 1.54) is 12.1 Å². The maximum Gasteiger partial charge on any atom is 0.351 e. The molecule has 3 rings (SSSR count). The van der Waals surface area contributed by atoms with Crippen LogP contribution in [0.1, 0.15) is 5.56 Å². The van der Waals surface area contributed by atoms with Gasteiger partial charge in [-0.2, -0.15) is 4.39 Å². The first-order chi connectivity index (χ1) is 9.90. The molecule has 0 fully saturated rings. The lowest BCUT2D eigenvalue weighted by molar-refractivity contribution is 0.549. The van der Waals surface area contributed by atoms with E-state index in [1.807, 2.05) is 5.10 Å². The Morgan fingerprint density at radius 1 is 1.24 bits per heavy atom. The third-order valence-electron chi connectivity index (χ3n) is 3.00. The van der Waals surface area contributed by atoms with E-state index >= 15 is 0 Å². The third kappa shape index (κ3) is 2.00. The number of aromatic nitrogens is 4. The molecule has 108 valence electrons. The van der Waals surface area contributed by atoms with Crippen LogP contribution in [-0.2, 0) is 0 Å². The van der Waals surface area contributed by atoms with Crippen molar-refractivity contribution in [3.05, 3.63) is 60.8 Å². The highest BCUT2D eigenvalue weighted by Crippen LogP contribution is 2.23. The standard InChI is InChI=1S/C12H7BrF2N4O2/c1-5-2-8(7(14)3-6(5)13)18-10(20)4-9(15)19-11(18)16-17-12(19)21/h2-4H,1H3,(H,17,21). The minimum absolute atomic E-state index is 0.121. The highest BCUT2D eigenvalue weighted by Gasteiger charge is 2.17. The molecule has 0 unspecified atom stereocenters. The summed E-state index contributed by atoms with van der Waals surface area (Å²) in [4.78, 5) is 23.5. The molecule has 1 N–H and O–H groups in total. The van der Waals surface area contributed by atoms with E-state index in [4.69, 9.17) is 0 Å². The minimum atomic E-state index is -1.07. The molecule has 0 saturated heterocycles. The van der Waals surface area contributed by atoms with Crippen LogP contribution < -0.4 is 11.2 Å². The fourth-order valence-electron chi connectivity index (χ4n) is 2.00. The summed E-state index contributed by atoms with van der Waals surface area (Å²) in [5.74, 6) is -2.11. The van der Waals surface area contributed by atoms with E-state index in [2.05, 4.69) is 21.0 Å². The topological polar surface area (TPSA) is 72.2 Å². The number of nitrogens with zero attached hydrogens (tertiary/aromatic N) is 3. The van der Waals surface area contributed by atoms with E-state index in [0.29, 0.717) is 20.5 Å².